The number of nitrogens with zero attached hydrogens (tertiary/aromatic N) is 4. The highest BCUT2D eigenvalue weighted by Crippen LogP contribution is 2.28. The molecule has 0 spiro atoms. The Hall–Kier alpha value is -3.00. The molecule has 1 amide bonds. The maximum Gasteiger partial charge on any atom is 0.249 e. The largest absolute Gasteiger partial charge is 0.344 e. The molecule has 152 valence electrons. The summed E-state index contributed by atoms with van der Waals surface area (Å²) in [7, 11) is 1.88. The van der Waals surface area contributed by atoms with Crippen molar-refractivity contribution < 1.29 is 9.32 Å². The summed E-state index contributed by atoms with van der Waals surface area (Å²) >= 11 is 0. The standard InChI is InChI=1S/C21H26N6O2/c1-4-14-5-7-15(8-6-14)19-25-21(29-26-19)13(2)24-20(28)18-11-22-10-17(18)16-9-23-27(3)12-16/h5-9,12-13,17-18,22H,4,10-11H2,1-3H3,(H,24,28)/t13?,17-,18+/m1/s1. The number of amides is 1. The summed E-state index contributed by atoms with van der Waals surface area (Å²) in [6.45, 7) is 5.37. The minimum atomic E-state index is -0.367. The second kappa shape index (κ2) is 8.16. The molecule has 0 radical (unpaired) electrons. The zero-order chi connectivity index (χ0) is 20.4. The van der Waals surface area contributed by atoms with E-state index in [0.717, 1.165) is 24.1 Å². The van der Waals surface area contributed by atoms with E-state index < -0.39 is 0 Å². The van der Waals surface area contributed by atoms with Crippen molar-refractivity contribution in [1.29, 1.82) is 0 Å². The Morgan fingerprint density at radius 2 is 2.14 bits per heavy atom. The fourth-order valence-electron chi connectivity index (χ4n) is 3.74. The maximum atomic E-state index is 12.9. The number of carbonyl (C=O) groups excluding carboxylic acids is 1. The van der Waals surface area contributed by atoms with E-state index in [1.165, 1.54) is 5.56 Å². The second-order valence-corrected chi connectivity index (χ2v) is 7.56. The molecule has 4 rings (SSSR count). The molecule has 1 fully saturated rings. The van der Waals surface area contributed by atoms with E-state index >= 15 is 0 Å². The van der Waals surface area contributed by atoms with E-state index in [1.54, 1.807) is 4.68 Å². The van der Waals surface area contributed by atoms with Crippen LogP contribution in [0.15, 0.2) is 41.2 Å². The van der Waals surface area contributed by atoms with E-state index in [-0.39, 0.29) is 23.8 Å². The molecule has 3 atom stereocenters. The van der Waals surface area contributed by atoms with Crippen LogP contribution in [0.5, 0.6) is 0 Å². The van der Waals surface area contributed by atoms with Crippen molar-refractivity contribution in [3.63, 3.8) is 0 Å². The van der Waals surface area contributed by atoms with E-state index in [0.29, 0.717) is 18.3 Å². The average Bonchev–Trinajstić information content (AvgIpc) is 3.48. The Labute approximate surface area is 169 Å². The van der Waals surface area contributed by atoms with Crippen molar-refractivity contribution in [2.24, 2.45) is 13.0 Å². The molecule has 8 nitrogen and oxygen atoms in total. The molecule has 2 N–H and O–H groups in total. The average molecular weight is 394 g/mol. The first-order valence-corrected chi connectivity index (χ1v) is 9.97. The first-order chi connectivity index (χ1) is 14.0. The fraction of sp³-hybridized carbons (Fsp3) is 0.429. The number of benzene rings is 1. The van der Waals surface area contributed by atoms with Crippen molar-refractivity contribution in [2.75, 3.05) is 13.1 Å². The zero-order valence-corrected chi connectivity index (χ0v) is 16.9. The number of rotatable bonds is 6. The van der Waals surface area contributed by atoms with Crippen LogP contribution >= 0.6 is 0 Å². The van der Waals surface area contributed by atoms with Crippen molar-refractivity contribution in [3.8, 4) is 11.4 Å². The molecule has 8 heteroatoms. The van der Waals surface area contributed by atoms with Gasteiger partial charge < -0.3 is 15.2 Å². The Morgan fingerprint density at radius 1 is 1.34 bits per heavy atom. The van der Waals surface area contributed by atoms with Gasteiger partial charge in [0.15, 0.2) is 0 Å². The summed E-state index contributed by atoms with van der Waals surface area (Å²) in [5.74, 6) is 0.844. The summed E-state index contributed by atoms with van der Waals surface area (Å²) in [6.07, 6.45) is 4.78. The lowest BCUT2D eigenvalue weighted by Gasteiger charge is -2.18. The molecule has 2 aromatic heterocycles. The van der Waals surface area contributed by atoms with Crippen LogP contribution in [0, 0.1) is 5.92 Å². The van der Waals surface area contributed by atoms with Crippen LogP contribution in [-0.4, -0.2) is 38.9 Å². The normalized spacial score (nSPS) is 20.0. The predicted octanol–water partition coefficient (Wildman–Crippen LogP) is 2.21. The van der Waals surface area contributed by atoms with Gasteiger partial charge in [-0.15, -0.1) is 0 Å². The summed E-state index contributed by atoms with van der Waals surface area (Å²) in [6, 6.07) is 7.72. The monoisotopic (exact) mass is 394 g/mol. The number of nitrogens with one attached hydrogen (secondary N) is 2. The summed E-state index contributed by atoms with van der Waals surface area (Å²) < 4.78 is 7.17. The Morgan fingerprint density at radius 3 is 2.83 bits per heavy atom. The number of carbonyl (C=O) groups is 1. The molecule has 3 aromatic rings. The van der Waals surface area contributed by atoms with Gasteiger partial charge in [0, 0.05) is 37.8 Å². The quantitative estimate of drug-likeness (QED) is 0.665. The number of hydrogen-bond donors (Lipinski definition) is 2. The van der Waals surface area contributed by atoms with E-state index in [4.69, 9.17) is 4.52 Å². The highest BCUT2D eigenvalue weighted by Gasteiger charge is 2.35. The SMILES string of the molecule is CCc1ccc(-c2noc(C(C)NC(=O)[C@H]3CNC[C@@H]3c3cnn(C)c3)n2)cc1. The minimum Gasteiger partial charge on any atom is -0.344 e. The van der Waals surface area contributed by atoms with Gasteiger partial charge in [-0.2, -0.15) is 10.1 Å². The lowest BCUT2D eigenvalue weighted by Crippen LogP contribution is -2.36. The van der Waals surface area contributed by atoms with Gasteiger partial charge in [-0.25, -0.2) is 0 Å². The van der Waals surface area contributed by atoms with Gasteiger partial charge in [0.2, 0.25) is 17.6 Å². The van der Waals surface area contributed by atoms with E-state index in [2.05, 4.69) is 44.9 Å². The second-order valence-electron chi connectivity index (χ2n) is 7.56. The molecule has 1 aliphatic heterocycles. The third-order valence-electron chi connectivity index (χ3n) is 5.50. The molecular weight excluding hydrogens is 368 g/mol. The topological polar surface area (TPSA) is 97.9 Å². The molecule has 1 saturated heterocycles. The van der Waals surface area contributed by atoms with Gasteiger partial charge in [0.1, 0.15) is 6.04 Å². The minimum absolute atomic E-state index is 0.0246. The molecule has 29 heavy (non-hydrogen) atoms. The lowest BCUT2D eigenvalue weighted by atomic mass is 9.90. The highest BCUT2D eigenvalue weighted by molar-refractivity contribution is 5.80. The summed E-state index contributed by atoms with van der Waals surface area (Å²) in [4.78, 5) is 17.4. The van der Waals surface area contributed by atoms with Crippen LogP contribution in [0.4, 0.5) is 0 Å². The molecular formula is C21H26N6O2. The molecule has 0 saturated carbocycles. The number of hydrogen-bond acceptors (Lipinski definition) is 6. The summed E-state index contributed by atoms with van der Waals surface area (Å²) in [5, 5.41) is 14.6. The Kier molecular flexibility index (Phi) is 5.44. The zero-order valence-electron chi connectivity index (χ0n) is 16.9. The van der Waals surface area contributed by atoms with Crippen LogP contribution in [0.1, 0.15) is 42.8 Å². The smallest absolute Gasteiger partial charge is 0.249 e. The number of aromatic nitrogens is 4. The molecule has 1 aromatic carbocycles. The number of aryl methyl sites for hydroxylation is 2. The van der Waals surface area contributed by atoms with Crippen LogP contribution in [0.25, 0.3) is 11.4 Å². The van der Waals surface area contributed by atoms with Crippen molar-refractivity contribution in [2.45, 2.75) is 32.2 Å². The molecule has 1 unspecified atom stereocenters. The Bertz CT molecular complexity index is 977. The van der Waals surface area contributed by atoms with Crippen molar-refractivity contribution in [3.05, 3.63) is 53.7 Å². The lowest BCUT2D eigenvalue weighted by molar-refractivity contribution is -0.125. The molecule has 0 bridgehead atoms. The van der Waals surface area contributed by atoms with Crippen LogP contribution < -0.4 is 10.6 Å². The van der Waals surface area contributed by atoms with Gasteiger partial charge in [-0.3, -0.25) is 9.48 Å². The summed E-state index contributed by atoms with van der Waals surface area (Å²) in [5.41, 5.74) is 3.22. The maximum absolute atomic E-state index is 12.9. The van der Waals surface area contributed by atoms with E-state index in [1.807, 2.05) is 38.5 Å². The molecule has 0 aliphatic carbocycles. The van der Waals surface area contributed by atoms with Gasteiger partial charge in [-0.1, -0.05) is 36.3 Å². The third-order valence-corrected chi connectivity index (χ3v) is 5.50. The van der Waals surface area contributed by atoms with Gasteiger partial charge >= 0.3 is 0 Å². The van der Waals surface area contributed by atoms with Crippen molar-refractivity contribution in [1.82, 2.24) is 30.6 Å². The molecule has 1 aliphatic rings. The van der Waals surface area contributed by atoms with Gasteiger partial charge in [0.25, 0.3) is 0 Å². The van der Waals surface area contributed by atoms with Crippen LogP contribution in [-0.2, 0) is 18.3 Å². The predicted molar refractivity (Wildman–Crippen MR) is 108 cm³/mol. The Balaban J connectivity index is 1.43. The molecule has 3 heterocycles. The van der Waals surface area contributed by atoms with Crippen molar-refractivity contribution >= 4 is 5.91 Å². The van der Waals surface area contributed by atoms with Crippen LogP contribution in [0.2, 0.25) is 0 Å². The highest BCUT2D eigenvalue weighted by atomic mass is 16.5. The van der Waals surface area contributed by atoms with Crippen LogP contribution in [0.3, 0.4) is 0 Å². The fourth-order valence-corrected chi connectivity index (χ4v) is 3.74. The van der Waals surface area contributed by atoms with E-state index in [9.17, 15) is 4.79 Å². The van der Waals surface area contributed by atoms with Gasteiger partial charge in [0.05, 0.1) is 12.1 Å². The third kappa shape index (κ3) is 4.07. The van der Waals surface area contributed by atoms with Gasteiger partial charge in [-0.05, 0) is 24.5 Å². The first-order valence-electron chi connectivity index (χ1n) is 9.97. The first kappa shape index (κ1) is 19.3.